The number of ether oxygens (including phenoxy) is 1. The number of nitrogens with zero attached hydrogens (tertiary/aromatic N) is 2. The molecule has 0 radical (unpaired) electrons. The zero-order valence-corrected chi connectivity index (χ0v) is 25.0. The van der Waals surface area contributed by atoms with Crippen molar-refractivity contribution in [2.24, 2.45) is 5.92 Å². The molecular formula is C37H57N3O3. The Labute approximate surface area is 261 Å². The van der Waals surface area contributed by atoms with Crippen LogP contribution in [0, 0.1) is 5.92 Å². The lowest BCUT2D eigenvalue weighted by molar-refractivity contribution is -0.119. The van der Waals surface area contributed by atoms with Crippen LogP contribution < -0.4 is 15.0 Å². The summed E-state index contributed by atoms with van der Waals surface area (Å²) in [5, 5.41) is 3.73. The molecule has 1 aliphatic carbocycles. The summed E-state index contributed by atoms with van der Waals surface area (Å²) in [6.45, 7) is 4.57. The lowest BCUT2D eigenvalue weighted by atomic mass is 9.91. The third kappa shape index (κ3) is 9.31. The van der Waals surface area contributed by atoms with Gasteiger partial charge in [0.25, 0.3) is 5.91 Å². The molecule has 2 aliphatic heterocycles. The number of piperidine rings is 1. The first-order valence-corrected chi connectivity index (χ1v) is 16.3. The van der Waals surface area contributed by atoms with Gasteiger partial charge in [-0.25, -0.2) is 0 Å². The molecule has 1 unspecified atom stereocenters. The first-order valence-electron chi connectivity index (χ1n) is 16.3. The number of benzene rings is 2. The number of likely N-dealkylation sites (tertiary alicyclic amines) is 1. The van der Waals surface area contributed by atoms with Crippen LogP contribution in [0.4, 0.5) is 5.69 Å². The molecule has 1 atom stereocenters. The second-order valence-corrected chi connectivity index (χ2v) is 12.3. The van der Waals surface area contributed by atoms with Gasteiger partial charge in [0.2, 0.25) is 5.91 Å². The molecule has 1 saturated heterocycles. The van der Waals surface area contributed by atoms with Crippen LogP contribution in [0.15, 0.2) is 48.5 Å². The molecule has 238 valence electrons. The SMILES string of the molecule is C.C.CCCCC(NCC1CCCCCCC1)Oc1ccc(C(=O)N2CCC(N3C(=O)CCc4ccccc43)CC2)cc1. The van der Waals surface area contributed by atoms with Gasteiger partial charge in [-0.2, -0.15) is 0 Å². The average Bonchev–Trinajstić information content (AvgIpc) is 2.99. The number of hydrogen-bond donors (Lipinski definition) is 1. The number of carbonyl (C=O) groups is 2. The van der Waals surface area contributed by atoms with E-state index in [1.165, 1.54) is 50.5 Å². The van der Waals surface area contributed by atoms with Crippen molar-refractivity contribution >= 4 is 17.5 Å². The molecular weight excluding hydrogens is 534 g/mol. The number of amides is 2. The highest BCUT2D eigenvalue weighted by Crippen LogP contribution is 2.32. The molecule has 0 spiro atoms. The summed E-state index contributed by atoms with van der Waals surface area (Å²) < 4.78 is 6.39. The van der Waals surface area contributed by atoms with Crippen molar-refractivity contribution in [2.45, 2.75) is 124 Å². The predicted molar refractivity (Wildman–Crippen MR) is 179 cm³/mol. The van der Waals surface area contributed by atoms with Gasteiger partial charge in [0.05, 0.1) is 0 Å². The third-order valence-corrected chi connectivity index (χ3v) is 9.30. The monoisotopic (exact) mass is 591 g/mol. The van der Waals surface area contributed by atoms with Gasteiger partial charge in [-0.3, -0.25) is 14.9 Å². The van der Waals surface area contributed by atoms with Gasteiger partial charge in [-0.05, 0) is 86.8 Å². The van der Waals surface area contributed by atoms with Crippen molar-refractivity contribution in [1.82, 2.24) is 10.2 Å². The van der Waals surface area contributed by atoms with E-state index in [0.29, 0.717) is 25.1 Å². The van der Waals surface area contributed by atoms with Crippen LogP contribution >= 0.6 is 0 Å². The Morgan fingerprint density at radius 2 is 1.58 bits per heavy atom. The second kappa shape index (κ2) is 17.4. The lowest BCUT2D eigenvalue weighted by Crippen LogP contribution is -2.50. The average molecular weight is 592 g/mol. The molecule has 2 aromatic carbocycles. The quantitative estimate of drug-likeness (QED) is 0.282. The fraction of sp³-hybridized carbons (Fsp3) is 0.622. The normalized spacial score (nSPS) is 18.9. The van der Waals surface area contributed by atoms with Crippen LogP contribution in [0.5, 0.6) is 5.75 Å². The van der Waals surface area contributed by atoms with Crippen molar-refractivity contribution in [2.75, 3.05) is 24.5 Å². The Kier molecular flexibility index (Phi) is 14.0. The number of para-hydroxylation sites is 1. The summed E-state index contributed by atoms with van der Waals surface area (Å²) in [6, 6.07) is 16.1. The fourth-order valence-electron chi connectivity index (χ4n) is 6.84. The maximum Gasteiger partial charge on any atom is 0.253 e. The number of nitrogens with one attached hydrogen (secondary N) is 1. The number of carbonyl (C=O) groups excluding carboxylic acids is 2. The van der Waals surface area contributed by atoms with Gasteiger partial charge in [0.1, 0.15) is 12.0 Å². The molecule has 2 heterocycles. The van der Waals surface area contributed by atoms with E-state index in [1.54, 1.807) is 0 Å². The van der Waals surface area contributed by atoms with Crippen LogP contribution in [0.1, 0.15) is 121 Å². The second-order valence-electron chi connectivity index (χ2n) is 12.3. The Morgan fingerprint density at radius 3 is 2.28 bits per heavy atom. The van der Waals surface area contributed by atoms with Crippen molar-refractivity contribution < 1.29 is 14.3 Å². The van der Waals surface area contributed by atoms with Crippen molar-refractivity contribution in [3.63, 3.8) is 0 Å². The number of fused-ring (bicyclic) bond motifs is 1. The van der Waals surface area contributed by atoms with Crippen molar-refractivity contribution in [1.29, 1.82) is 0 Å². The van der Waals surface area contributed by atoms with E-state index in [1.807, 2.05) is 46.2 Å². The van der Waals surface area contributed by atoms with E-state index >= 15 is 0 Å². The molecule has 6 nitrogen and oxygen atoms in total. The van der Waals surface area contributed by atoms with Crippen LogP contribution in [0.2, 0.25) is 0 Å². The summed E-state index contributed by atoms with van der Waals surface area (Å²) in [5.74, 6) is 1.83. The zero-order valence-electron chi connectivity index (χ0n) is 25.0. The van der Waals surface area contributed by atoms with E-state index in [-0.39, 0.29) is 38.9 Å². The Morgan fingerprint density at radius 1 is 0.907 bits per heavy atom. The number of aryl methyl sites for hydroxylation is 1. The van der Waals surface area contributed by atoms with Gasteiger partial charge in [0.15, 0.2) is 0 Å². The molecule has 2 amide bonds. The molecule has 0 bridgehead atoms. The Balaban J connectivity index is 0.00000253. The van der Waals surface area contributed by atoms with Crippen LogP contribution in [-0.2, 0) is 11.2 Å². The number of rotatable bonds is 10. The van der Waals surface area contributed by atoms with Crippen molar-refractivity contribution in [3.8, 4) is 5.75 Å². The topological polar surface area (TPSA) is 61.9 Å². The van der Waals surface area contributed by atoms with Crippen molar-refractivity contribution in [3.05, 3.63) is 59.7 Å². The Bertz CT molecular complexity index is 1120. The summed E-state index contributed by atoms with van der Waals surface area (Å²) in [6.07, 6.45) is 15.8. The fourth-order valence-corrected chi connectivity index (χ4v) is 6.84. The van der Waals surface area contributed by atoms with Crippen LogP contribution in [0.3, 0.4) is 0 Å². The maximum atomic E-state index is 13.3. The van der Waals surface area contributed by atoms with E-state index in [2.05, 4.69) is 24.4 Å². The largest absolute Gasteiger partial charge is 0.475 e. The molecule has 0 aromatic heterocycles. The van der Waals surface area contributed by atoms with E-state index in [4.69, 9.17) is 4.74 Å². The predicted octanol–water partition coefficient (Wildman–Crippen LogP) is 8.39. The van der Waals surface area contributed by atoms with E-state index in [9.17, 15) is 9.59 Å². The third-order valence-electron chi connectivity index (χ3n) is 9.30. The van der Waals surface area contributed by atoms with Gasteiger partial charge in [0, 0.05) is 43.3 Å². The van der Waals surface area contributed by atoms with Crippen LogP contribution in [-0.4, -0.2) is 48.6 Å². The Hall–Kier alpha value is -2.86. The molecule has 1 saturated carbocycles. The van der Waals surface area contributed by atoms with Gasteiger partial charge in [-0.1, -0.05) is 78.5 Å². The summed E-state index contributed by atoms with van der Waals surface area (Å²) in [7, 11) is 0. The van der Waals surface area contributed by atoms with Gasteiger partial charge < -0.3 is 14.5 Å². The minimum atomic E-state index is 0. The zero-order chi connectivity index (χ0) is 28.4. The lowest BCUT2D eigenvalue weighted by Gasteiger charge is -2.41. The number of anilines is 1. The van der Waals surface area contributed by atoms with Gasteiger partial charge >= 0.3 is 0 Å². The van der Waals surface area contributed by atoms with E-state index in [0.717, 1.165) is 62.4 Å². The van der Waals surface area contributed by atoms with Gasteiger partial charge in [-0.15, -0.1) is 0 Å². The summed E-state index contributed by atoms with van der Waals surface area (Å²) >= 11 is 0. The molecule has 2 aromatic rings. The smallest absolute Gasteiger partial charge is 0.253 e. The van der Waals surface area contributed by atoms with Crippen LogP contribution in [0.25, 0.3) is 0 Å². The highest BCUT2D eigenvalue weighted by molar-refractivity contribution is 5.97. The molecule has 43 heavy (non-hydrogen) atoms. The molecule has 1 N–H and O–H groups in total. The highest BCUT2D eigenvalue weighted by Gasteiger charge is 2.33. The molecule has 5 rings (SSSR count). The minimum absolute atomic E-state index is 0. The molecule has 2 fully saturated rings. The number of hydrogen-bond acceptors (Lipinski definition) is 4. The maximum absolute atomic E-state index is 13.3. The molecule has 6 heteroatoms. The van der Waals surface area contributed by atoms with E-state index < -0.39 is 0 Å². The molecule has 3 aliphatic rings. The first-order chi connectivity index (χ1) is 20.1. The number of unbranched alkanes of at least 4 members (excludes halogenated alkanes) is 1. The first kappa shape index (κ1) is 34.6. The highest BCUT2D eigenvalue weighted by atomic mass is 16.5. The summed E-state index contributed by atoms with van der Waals surface area (Å²) in [5.41, 5.74) is 3.00. The summed E-state index contributed by atoms with van der Waals surface area (Å²) in [4.78, 5) is 30.1. The minimum Gasteiger partial charge on any atom is -0.475 e. The standard InChI is InChI=1S/C35H49N3O3.2CH4/c1-2-3-15-33(36-26-27-11-7-5-4-6-8-12-27)41-31-19-16-29(17-20-31)35(40)37-24-22-30(23-25-37)38-32-14-10-9-13-28(32)18-21-34(38)39;;/h9-10,13-14,16-17,19-20,27,30,33,36H,2-8,11-12,15,18,21-26H2,1H3;2*1H4.